The van der Waals surface area contributed by atoms with E-state index in [1.54, 1.807) is 6.92 Å². The second-order valence-corrected chi connectivity index (χ2v) is 8.37. The number of hydrogen-bond acceptors (Lipinski definition) is 6. The summed E-state index contributed by atoms with van der Waals surface area (Å²) >= 11 is 0. The lowest BCUT2D eigenvalue weighted by molar-refractivity contribution is -0.137. The first-order valence-corrected chi connectivity index (χ1v) is 10.3. The van der Waals surface area contributed by atoms with Crippen molar-refractivity contribution in [2.75, 3.05) is 11.6 Å². The zero-order valence-electron chi connectivity index (χ0n) is 15.5. The first-order chi connectivity index (χ1) is 13.5. The highest BCUT2D eigenvalue weighted by Crippen LogP contribution is 2.32. The number of aryl methyl sites for hydroxylation is 1. The van der Waals surface area contributed by atoms with Crippen LogP contribution in [-0.2, 0) is 16.0 Å². The lowest BCUT2D eigenvalue weighted by Gasteiger charge is -2.19. The third kappa shape index (κ3) is 4.53. The van der Waals surface area contributed by atoms with E-state index in [0.29, 0.717) is 22.3 Å². The number of fused-ring (bicyclic) bond motifs is 1. The Kier molecular flexibility index (Phi) is 5.31. The number of pyridine rings is 1. The van der Waals surface area contributed by atoms with Crippen LogP contribution in [0, 0.1) is 6.92 Å². The molecule has 3 aromatic rings. The van der Waals surface area contributed by atoms with E-state index in [1.165, 1.54) is 30.5 Å². The van der Waals surface area contributed by atoms with Crippen molar-refractivity contribution in [2.45, 2.75) is 24.2 Å². The number of sulfone groups is 1. The fourth-order valence-electron chi connectivity index (χ4n) is 2.78. The summed E-state index contributed by atoms with van der Waals surface area (Å²) in [6, 6.07) is 5.49. The molecule has 0 saturated heterocycles. The van der Waals surface area contributed by atoms with Crippen LogP contribution in [0.3, 0.4) is 0 Å². The average molecular weight is 422 g/mol. The Balaban J connectivity index is 2.09. The molecule has 6 nitrogen and oxygen atoms in total. The summed E-state index contributed by atoms with van der Waals surface area (Å²) in [6.07, 6.45) is -0.690. The van der Waals surface area contributed by atoms with E-state index in [9.17, 15) is 21.6 Å². The largest absolute Gasteiger partial charge is 0.416 e. The number of rotatable bonds is 5. The van der Waals surface area contributed by atoms with E-state index in [-0.39, 0.29) is 10.8 Å². The van der Waals surface area contributed by atoms with Crippen LogP contribution in [0.25, 0.3) is 10.9 Å². The molecule has 0 saturated carbocycles. The molecule has 0 aliphatic heterocycles. The highest BCUT2D eigenvalue weighted by Gasteiger charge is 2.31. The molecule has 0 amide bonds. The van der Waals surface area contributed by atoms with E-state index < -0.39 is 27.6 Å². The fraction of sp³-hybridized carbons (Fsp3) is 0.211. The van der Waals surface area contributed by atoms with Crippen LogP contribution in [0.15, 0.2) is 54.2 Å². The molecular weight excluding hydrogens is 405 g/mol. The van der Waals surface area contributed by atoms with Gasteiger partial charge in [0.25, 0.3) is 0 Å². The Bertz CT molecular complexity index is 1190. The Hall–Kier alpha value is -3.01. The van der Waals surface area contributed by atoms with Gasteiger partial charge in [-0.05, 0) is 30.7 Å². The number of hydrogen-bond donors (Lipinski definition) is 1. The third-order valence-electron chi connectivity index (χ3n) is 4.15. The number of halogens is 3. The Labute approximate surface area is 165 Å². The maximum Gasteiger partial charge on any atom is 0.416 e. The molecule has 2 aromatic heterocycles. The zero-order chi connectivity index (χ0) is 21.4. The van der Waals surface area contributed by atoms with Crippen LogP contribution in [0.4, 0.5) is 19.0 Å². The van der Waals surface area contributed by atoms with Crippen molar-refractivity contribution in [3.8, 4) is 0 Å². The summed E-state index contributed by atoms with van der Waals surface area (Å²) in [7, 11) is -3.57. The average Bonchev–Trinajstić information content (AvgIpc) is 2.64. The molecule has 1 N–H and O–H groups in total. The smallest absolute Gasteiger partial charge is 0.359 e. The van der Waals surface area contributed by atoms with Gasteiger partial charge < -0.3 is 5.32 Å². The molecule has 0 radical (unpaired) electrons. The topological polar surface area (TPSA) is 84.8 Å². The molecule has 0 aliphatic rings. The number of alkyl halides is 3. The minimum absolute atomic E-state index is 0.158. The fourth-order valence-corrected chi connectivity index (χ4v) is 3.35. The predicted molar refractivity (Wildman–Crippen MR) is 103 cm³/mol. The maximum atomic E-state index is 13.0. The maximum absolute atomic E-state index is 13.0. The minimum atomic E-state index is -4.48. The van der Waals surface area contributed by atoms with Crippen LogP contribution in [0.5, 0.6) is 0 Å². The summed E-state index contributed by atoms with van der Waals surface area (Å²) in [4.78, 5) is 12.4. The summed E-state index contributed by atoms with van der Waals surface area (Å²) < 4.78 is 62.8. The Morgan fingerprint density at radius 1 is 1.21 bits per heavy atom. The molecular formula is C19H17F3N4O2S. The van der Waals surface area contributed by atoms with Crippen LogP contribution < -0.4 is 5.32 Å². The molecule has 29 heavy (non-hydrogen) atoms. The lowest BCUT2D eigenvalue weighted by atomic mass is 10.0. The number of nitrogens with one attached hydrogen (secondary N) is 1. The van der Waals surface area contributed by atoms with Gasteiger partial charge >= 0.3 is 6.18 Å². The first kappa shape index (κ1) is 20.7. The van der Waals surface area contributed by atoms with Crippen molar-refractivity contribution in [3.63, 3.8) is 0 Å². The van der Waals surface area contributed by atoms with Gasteiger partial charge in [-0.3, -0.25) is 0 Å². The SMILES string of the molecule is C=C[C@@H](Nc1nc(C)nc2cnc(S(C)(=O)=O)cc12)c1cccc(C(F)(F)F)c1. The molecule has 1 aromatic carbocycles. The second kappa shape index (κ2) is 7.43. The van der Waals surface area contributed by atoms with Gasteiger partial charge in [-0.1, -0.05) is 18.2 Å². The summed E-state index contributed by atoms with van der Waals surface area (Å²) in [5.41, 5.74) is -0.0492. The second-order valence-electron chi connectivity index (χ2n) is 6.41. The molecule has 0 bridgehead atoms. The molecule has 10 heteroatoms. The van der Waals surface area contributed by atoms with Gasteiger partial charge in [-0.25, -0.2) is 23.4 Å². The summed E-state index contributed by atoms with van der Waals surface area (Å²) in [6.45, 7) is 5.33. The molecule has 3 rings (SSSR count). The quantitative estimate of drug-likeness (QED) is 0.624. The molecule has 2 heterocycles. The van der Waals surface area contributed by atoms with Crippen molar-refractivity contribution < 1.29 is 21.6 Å². The van der Waals surface area contributed by atoms with Crippen molar-refractivity contribution in [3.05, 3.63) is 66.1 Å². The number of benzene rings is 1. The Morgan fingerprint density at radius 3 is 2.55 bits per heavy atom. The summed E-state index contributed by atoms with van der Waals surface area (Å²) in [5.74, 6) is 0.655. The monoisotopic (exact) mass is 422 g/mol. The predicted octanol–water partition coefficient (Wildman–Crippen LogP) is 4.09. The van der Waals surface area contributed by atoms with E-state index in [4.69, 9.17) is 0 Å². The highest BCUT2D eigenvalue weighted by molar-refractivity contribution is 7.90. The van der Waals surface area contributed by atoms with Gasteiger partial charge in [0, 0.05) is 11.6 Å². The van der Waals surface area contributed by atoms with Gasteiger partial charge in [-0.15, -0.1) is 6.58 Å². The third-order valence-corrected chi connectivity index (χ3v) is 5.13. The van der Waals surface area contributed by atoms with Crippen molar-refractivity contribution in [1.29, 1.82) is 0 Å². The standard InChI is InChI=1S/C19H17F3N4O2S/c1-4-15(12-6-5-7-13(8-12)19(20,21)22)26-18-14-9-17(29(3,27)28)23-10-16(14)24-11(2)25-18/h4-10,15H,1H2,2-3H3,(H,24,25,26)/t15-/m1/s1. The van der Waals surface area contributed by atoms with Gasteiger partial charge in [0.05, 0.1) is 23.3 Å². The normalized spacial score (nSPS) is 13.3. The molecule has 0 fully saturated rings. The molecule has 152 valence electrons. The van der Waals surface area contributed by atoms with Crippen LogP contribution in [-0.4, -0.2) is 29.6 Å². The molecule has 0 aliphatic carbocycles. The number of anilines is 1. The van der Waals surface area contributed by atoms with Crippen molar-refractivity contribution in [2.24, 2.45) is 0 Å². The van der Waals surface area contributed by atoms with Gasteiger partial charge in [0.2, 0.25) is 0 Å². The number of nitrogens with zero attached hydrogens (tertiary/aromatic N) is 3. The first-order valence-electron chi connectivity index (χ1n) is 8.40. The molecule has 0 unspecified atom stereocenters. The van der Waals surface area contributed by atoms with Crippen molar-refractivity contribution in [1.82, 2.24) is 15.0 Å². The highest BCUT2D eigenvalue weighted by atomic mass is 32.2. The van der Waals surface area contributed by atoms with Crippen molar-refractivity contribution >= 4 is 26.6 Å². The van der Waals surface area contributed by atoms with E-state index in [0.717, 1.165) is 18.4 Å². The van der Waals surface area contributed by atoms with Crippen LogP contribution >= 0.6 is 0 Å². The van der Waals surface area contributed by atoms with Gasteiger partial charge in [-0.2, -0.15) is 13.2 Å². The minimum Gasteiger partial charge on any atom is -0.359 e. The van der Waals surface area contributed by atoms with E-state index >= 15 is 0 Å². The summed E-state index contributed by atoms with van der Waals surface area (Å²) in [5, 5.41) is 3.25. The lowest BCUT2D eigenvalue weighted by Crippen LogP contribution is -2.13. The van der Waals surface area contributed by atoms with Gasteiger partial charge in [0.15, 0.2) is 14.9 Å². The Morgan fingerprint density at radius 2 is 1.93 bits per heavy atom. The molecule has 1 atom stereocenters. The van der Waals surface area contributed by atoms with Crippen LogP contribution in [0.2, 0.25) is 0 Å². The van der Waals surface area contributed by atoms with Gasteiger partial charge in [0.1, 0.15) is 11.6 Å². The zero-order valence-corrected chi connectivity index (χ0v) is 16.3. The van der Waals surface area contributed by atoms with Crippen LogP contribution in [0.1, 0.15) is 23.0 Å². The van der Waals surface area contributed by atoms with E-state index in [2.05, 4.69) is 26.8 Å². The van der Waals surface area contributed by atoms with E-state index in [1.807, 2.05) is 0 Å². The number of aromatic nitrogens is 3. The molecule has 0 spiro atoms.